The summed E-state index contributed by atoms with van der Waals surface area (Å²) in [6.07, 6.45) is 1.18. The van der Waals surface area contributed by atoms with Crippen molar-refractivity contribution in [3.63, 3.8) is 0 Å². The zero-order valence-corrected chi connectivity index (χ0v) is 22.9. The Labute approximate surface area is 229 Å². The monoisotopic (exact) mass is 533 g/mol. The van der Waals surface area contributed by atoms with E-state index in [1.807, 2.05) is 50.2 Å². The topological polar surface area (TPSA) is 160 Å². The van der Waals surface area contributed by atoms with Gasteiger partial charge in [-0.1, -0.05) is 74.5 Å². The number of nitrogens with zero attached hydrogens (tertiary/aromatic N) is 1. The van der Waals surface area contributed by atoms with Crippen molar-refractivity contribution < 1.29 is 19.5 Å². The zero-order valence-electron chi connectivity index (χ0n) is 22.9. The van der Waals surface area contributed by atoms with Crippen LogP contribution < -0.4 is 22.1 Å². The van der Waals surface area contributed by atoms with Crippen molar-refractivity contribution >= 4 is 34.5 Å². The molecule has 0 heterocycles. The molecule has 0 spiro atoms. The Balaban J connectivity index is 0.00000260. The lowest BCUT2D eigenvalue weighted by molar-refractivity contribution is -0.138. The summed E-state index contributed by atoms with van der Waals surface area (Å²) in [5.74, 6) is -1.77. The van der Waals surface area contributed by atoms with Crippen LogP contribution in [-0.4, -0.2) is 41.9 Å². The second kappa shape index (κ2) is 15.8. The fraction of sp³-hybridized carbons (Fsp3) is 0.333. The molecule has 0 aliphatic heterocycles. The molecule has 39 heavy (non-hydrogen) atoms. The van der Waals surface area contributed by atoms with E-state index in [1.54, 1.807) is 0 Å². The molecular weight excluding hydrogens is 494 g/mol. The zero-order chi connectivity index (χ0) is 28.8. The summed E-state index contributed by atoms with van der Waals surface area (Å²) in [4.78, 5) is 39.8. The summed E-state index contributed by atoms with van der Waals surface area (Å²) >= 11 is 0. The maximum atomic E-state index is 12.5. The Morgan fingerprint density at radius 2 is 1.56 bits per heavy atom. The molecule has 9 heteroatoms. The average molecular weight is 534 g/mol. The number of guanidine groups is 1. The summed E-state index contributed by atoms with van der Waals surface area (Å²) in [7, 11) is 0. The Morgan fingerprint density at radius 3 is 2.21 bits per heavy atom. The number of hydrogen-bond donors (Lipinski definition) is 5. The molecule has 0 saturated heterocycles. The fourth-order valence-electron chi connectivity index (χ4n) is 4.14. The van der Waals surface area contributed by atoms with Gasteiger partial charge in [0.1, 0.15) is 0 Å². The van der Waals surface area contributed by atoms with E-state index < -0.39 is 17.9 Å². The Bertz CT molecular complexity index is 1280. The molecule has 7 N–H and O–H groups in total. The van der Waals surface area contributed by atoms with Gasteiger partial charge in [0.05, 0.1) is 19.0 Å². The molecule has 0 aliphatic carbocycles. The van der Waals surface area contributed by atoms with E-state index in [-0.39, 0.29) is 31.3 Å². The van der Waals surface area contributed by atoms with Crippen molar-refractivity contribution in [2.75, 3.05) is 13.1 Å². The molecule has 2 amide bonds. The number of carboxylic acid groups (broad SMARTS) is 1. The number of rotatable bonds is 12. The number of carboxylic acids is 1. The van der Waals surface area contributed by atoms with E-state index in [0.717, 1.165) is 16.5 Å². The van der Waals surface area contributed by atoms with Crippen molar-refractivity contribution in [1.29, 1.82) is 0 Å². The normalized spacial score (nSPS) is 11.1. The van der Waals surface area contributed by atoms with Gasteiger partial charge >= 0.3 is 5.97 Å². The molecule has 0 radical (unpaired) electrons. The Hall–Kier alpha value is -4.40. The van der Waals surface area contributed by atoms with Gasteiger partial charge in [-0.05, 0) is 52.8 Å². The summed E-state index contributed by atoms with van der Waals surface area (Å²) < 4.78 is 0. The molecule has 0 bridgehead atoms. The SMILES string of the molecule is CC.Cc1ccc(-c2ccc(C(CC(=O)O)NC(=O)CNC(=O)CCCCN=C(N)N)cc2)c2ccccc12. The molecule has 0 aromatic heterocycles. The number of carbonyl (C=O) groups excluding carboxylic acids is 2. The highest BCUT2D eigenvalue weighted by molar-refractivity contribution is 5.98. The third kappa shape index (κ3) is 9.77. The van der Waals surface area contributed by atoms with Crippen LogP contribution in [0.2, 0.25) is 0 Å². The van der Waals surface area contributed by atoms with E-state index in [0.29, 0.717) is 24.9 Å². The minimum Gasteiger partial charge on any atom is -0.481 e. The van der Waals surface area contributed by atoms with Crippen LogP contribution in [0.25, 0.3) is 21.9 Å². The van der Waals surface area contributed by atoms with Crippen molar-refractivity contribution in [2.24, 2.45) is 16.5 Å². The molecule has 208 valence electrons. The molecule has 1 atom stereocenters. The van der Waals surface area contributed by atoms with Gasteiger partial charge in [-0.2, -0.15) is 0 Å². The molecule has 3 rings (SSSR count). The smallest absolute Gasteiger partial charge is 0.305 e. The van der Waals surface area contributed by atoms with Gasteiger partial charge in [0.15, 0.2) is 5.96 Å². The number of fused-ring (bicyclic) bond motifs is 1. The first kappa shape index (κ1) is 30.8. The number of benzene rings is 3. The van der Waals surface area contributed by atoms with Crippen LogP contribution in [0.5, 0.6) is 0 Å². The third-order valence-corrected chi connectivity index (χ3v) is 6.03. The molecule has 3 aromatic rings. The Kier molecular flexibility index (Phi) is 12.5. The van der Waals surface area contributed by atoms with E-state index in [1.165, 1.54) is 10.9 Å². The van der Waals surface area contributed by atoms with Gasteiger partial charge in [-0.25, -0.2) is 0 Å². The molecule has 9 nitrogen and oxygen atoms in total. The second-order valence-corrected chi connectivity index (χ2v) is 8.86. The van der Waals surface area contributed by atoms with Crippen molar-refractivity contribution in [2.45, 2.75) is 52.5 Å². The first-order valence-electron chi connectivity index (χ1n) is 13.2. The third-order valence-electron chi connectivity index (χ3n) is 6.03. The van der Waals surface area contributed by atoms with Crippen LogP contribution >= 0.6 is 0 Å². The maximum absolute atomic E-state index is 12.5. The predicted molar refractivity (Wildman–Crippen MR) is 156 cm³/mol. The van der Waals surface area contributed by atoms with E-state index in [2.05, 4.69) is 46.8 Å². The van der Waals surface area contributed by atoms with E-state index >= 15 is 0 Å². The van der Waals surface area contributed by atoms with Crippen LogP contribution in [0.4, 0.5) is 0 Å². The van der Waals surface area contributed by atoms with Crippen LogP contribution in [0.3, 0.4) is 0 Å². The minimum absolute atomic E-state index is 0.00956. The molecule has 0 aliphatic rings. The lowest BCUT2D eigenvalue weighted by Gasteiger charge is -2.18. The second-order valence-electron chi connectivity index (χ2n) is 8.86. The highest BCUT2D eigenvalue weighted by atomic mass is 16.4. The van der Waals surface area contributed by atoms with Crippen molar-refractivity contribution in [1.82, 2.24) is 10.6 Å². The number of hydrogen-bond acceptors (Lipinski definition) is 4. The molecule has 0 saturated carbocycles. The molecule has 3 aromatic carbocycles. The molecular formula is C30H39N5O4. The lowest BCUT2D eigenvalue weighted by atomic mass is 9.94. The summed E-state index contributed by atoms with van der Waals surface area (Å²) in [5, 5.41) is 17.0. The number of unbranched alkanes of at least 4 members (excludes halogenated alkanes) is 1. The number of amides is 2. The van der Waals surface area contributed by atoms with E-state index in [9.17, 15) is 19.5 Å². The molecule has 1 unspecified atom stereocenters. The highest BCUT2D eigenvalue weighted by Crippen LogP contribution is 2.31. The number of aryl methyl sites for hydroxylation is 1. The van der Waals surface area contributed by atoms with Crippen LogP contribution in [0, 0.1) is 6.92 Å². The quantitative estimate of drug-likeness (QED) is 0.134. The van der Waals surface area contributed by atoms with Crippen molar-refractivity contribution in [3.05, 3.63) is 71.8 Å². The van der Waals surface area contributed by atoms with Crippen LogP contribution in [0.15, 0.2) is 65.7 Å². The number of aliphatic carboxylic acids is 1. The van der Waals surface area contributed by atoms with Crippen LogP contribution in [0.1, 0.15) is 56.7 Å². The first-order chi connectivity index (χ1) is 18.7. The van der Waals surface area contributed by atoms with Gasteiger partial charge in [0.2, 0.25) is 11.8 Å². The summed E-state index contributed by atoms with van der Waals surface area (Å²) in [5.41, 5.74) is 14.4. The summed E-state index contributed by atoms with van der Waals surface area (Å²) in [6, 6.07) is 19.1. The minimum atomic E-state index is -1.04. The van der Waals surface area contributed by atoms with Gasteiger partial charge < -0.3 is 27.2 Å². The van der Waals surface area contributed by atoms with Crippen LogP contribution in [-0.2, 0) is 14.4 Å². The standard InChI is InChI=1S/C28H33N5O4.C2H6/c1-18-9-14-22(23-7-3-2-6-21(18)23)19-10-12-20(13-11-19)24(16-27(36)37)33-26(35)17-32-25(34)8-4-5-15-31-28(29)30;1-2/h2-3,6-7,9-14,24H,4-5,8,15-17H2,1H3,(H,32,34)(H,33,35)(H,36,37)(H4,29,30,31);1-2H3. The number of nitrogens with one attached hydrogen (secondary N) is 2. The highest BCUT2D eigenvalue weighted by Gasteiger charge is 2.19. The Morgan fingerprint density at radius 1 is 0.897 bits per heavy atom. The molecule has 0 fully saturated rings. The van der Waals surface area contributed by atoms with Gasteiger partial charge in [0, 0.05) is 13.0 Å². The maximum Gasteiger partial charge on any atom is 0.305 e. The van der Waals surface area contributed by atoms with Gasteiger partial charge in [-0.3, -0.25) is 19.4 Å². The van der Waals surface area contributed by atoms with E-state index in [4.69, 9.17) is 11.5 Å². The predicted octanol–water partition coefficient (Wildman–Crippen LogP) is 4.03. The number of aliphatic imine (C=N–C) groups is 1. The average Bonchev–Trinajstić information content (AvgIpc) is 2.92. The largest absolute Gasteiger partial charge is 0.481 e. The van der Waals surface area contributed by atoms with Crippen molar-refractivity contribution in [3.8, 4) is 11.1 Å². The van der Waals surface area contributed by atoms with Gasteiger partial charge in [0.25, 0.3) is 0 Å². The van der Waals surface area contributed by atoms with Gasteiger partial charge in [-0.15, -0.1) is 0 Å². The number of carbonyl (C=O) groups is 3. The number of nitrogens with two attached hydrogens (primary N) is 2. The summed E-state index contributed by atoms with van der Waals surface area (Å²) in [6.45, 7) is 6.27. The fourth-order valence-corrected chi connectivity index (χ4v) is 4.14. The lowest BCUT2D eigenvalue weighted by Crippen LogP contribution is -2.39. The first-order valence-corrected chi connectivity index (χ1v) is 13.2.